The molecule has 0 aromatic carbocycles. The van der Waals surface area contributed by atoms with Crippen molar-refractivity contribution in [3.05, 3.63) is 11.6 Å². The van der Waals surface area contributed by atoms with Gasteiger partial charge in [0.15, 0.2) is 24.5 Å². The fraction of sp³-hybridized carbons (Fsp3) is 0.923. The lowest BCUT2D eigenvalue weighted by atomic mass is 9.33. The zero-order valence-corrected chi connectivity index (χ0v) is 52.9. The Balaban J connectivity index is 1.000. The summed E-state index contributed by atoms with van der Waals surface area (Å²) in [6.07, 6.45) is 0.732. The molecule has 0 aromatic rings. The number of hydrogen-bond acceptors (Lipinski definition) is 18. The molecule has 84 heavy (non-hydrogen) atoms. The number of amides is 1. The van der Waals surface area contributed by atoms with E-state index in [0.29, 0.717) is 49.9 Å². The van der Waals surface area contributed by atoms with E-state index in [-0.39, 0.29) is 57.9 Å². The van der Waals surface area contributed by atoms with Crippen LogP contribution in [0.25, 0.3) is 0 Å². The Kier molecular flexibility index (Phi) is 20.2. The standard InChI is InChI=1S/C65H107NO18/c1-36-26-28-61(8)43-25-24-39-40-32-59(4,5)30-31-65(40,45(75-12)33-63(39,10)62(43,9)29-27-44(61)64(36,11)76-13)58(74)82-56-52(49(72)47(42(34-67)79-56)66-46(70)23-21-19-17-15-14-16-18-20-22-37(2)68)81-57-54-53(83-60(6,7)84-54)51(38(3)78-57)80-55-50(73)48(71)41(69)35-77-55/h24,36,38,40-45,47-57,67,69,71-73H,14-23,25-35H2,1-13H3,(H,66,70)/t36-,38?,40?,41+,42?,43?,44+,45?,47-,48?,49?,50?,51-,52?,53?,54?,55-,56-,57-,61?,62-,63+,64-,65+/m0/s1. The highest BCUT2D eigenvalue weighted by Crippen LogP contribution is 2.76. The molecule has 8 fully saturated rings. The van der Waals surface area contributed by atoms with E-state index >= 15 is 4.79 Å². The SMILES string of the molecule is COC1C[C@]2(C)C(=CCC3C4(C)CC[C@H](C)[C@](C)(OC)[C@@H]4CC[C@@]32C)C2CC(C)(C)CC[C@]12C(=O)O[C@@H]1OC(CO)[C@H](NC(=O)CCCCCCCCCCC(C)=O)C(O)C1O[C@@H]1OC(C)[C@H](O[C@@H]2OC[C@@H](O)C(O)C2O)C2OC(C)(C)OC21. The average molecular weight is 1190 g/mol. The molecular formula is C65H107NO18. The number of esters is 1. The molecule has 12 unspecified atom stereocenters. The lowest BCUT2D eigenvalue weighted by molar-refractivity contribution is -0.359. The van der Waals surface area contributed by atoms with Crippen LogP contribution in [0.1, 0.15) is 198 Å². The predicted octanol–water partition coefficient (Wildman–Crippen LogP) is 7.50. The fourth-order valence-corrected chi connectivity index (χ4v) is 18.2. The van der Waals surface area contributed by atoms with Crippen molar-refractivity contribution in [1.29, 1.82) is 0 Å². The van der Waals surface area contributed by atoms with Crippen molar-refractivity contribution in [3.8, 4) is 0 Å². The van der Waals surface area contributed by atoms with Crippen LogP contribution in [0.15, 0.2) is 11.6 Å². The van der Waals surface area contributed by atoms with E-state index in [1.807, 2.05) is 7.11 Å². The Morgan fingerprint density at radius 2 is 1.37 bits per heavy atom. The third kappa shape index (κ3) is 12.2. The summed E-state index contributed by atoms with van der Waals surface area (Å²) in [5.41, 5.74) is -0.684. The molecule has 19 nitrogen and oxygen atoms in total. The highest BCUT2D eigenvalue weighted by atomic mass is 16.8. The van der Waals surface area contributed by atoms with Gasteiger partial charge in [0.1, 0.15) is 60.0 Å². The molecule has 24 atom stereocenters. The van der Waals surface area contributed by atoms with Crippen molar-refractivity contribution in [1.82, 2.24) is 5.32 Å². The van der Waals surface area contributed by atoms with Crippen LogP contribution < -0.4 is 5.32 Å². The number of Topliss-reactive ketones (excluding diaryl/α,β-unsaturated/α-hetero) is 1. The van der Waals surface area contributed by atoms with Gasteiger partial charge in [-0.15, -0.1) is 0 Å². The molecule has 4 aliphatic heterocycles. The lowest BCUT2D eigenvalue weighted by Gasteiger charge is -2.72. The minimum atomic E-state index is -1.64. The molecular weight excluding hydrogens is 1080 g/mol. The van der Waals surface area contributed by atoms with Gasteiger partial charge < -0.3 is 83.0 Å². The quantitative estimate of drug-likeness (QED) is 0.0369. The number of aliphatic hydroxyl groups is 5. The van der Waals surface area contributed by atoms with E-state index in [1.165, 1.54) is 5.57 Å². The minimum Gasteiger partial charge on any atom is -0.432 e. The van der Waals surface area contributed by atoms with Gasteiger partial charge in [-0.05, 0) is 151 Å². The number of nitrogens with one attached hydrogen (secondary N) is 1. The molecule has 1 amide bonds. The van der Waals surface area contributed by atoms with Gasteiger partial charge in [-0.3, -0.25) is 9.59 Å². The molecule has 9 aliphatic rings. The molecule has 5 aliphatic carbocycles. The Bertz CT molecular complexity index is 2330. The summed E-state index contributed by atoms with van der Waals surface area (Å²) in [5, 5.41) is 58.5. The molecule has 6 N–H and O–H groups in total. The Hall–Kier alpha value is -2.21. The number of methoxy groups -OCH3 is 2. The van der Waals surface area contributed by atoms with Gasteiger partial charge in [-0.2, -0.15) is 0 Å². The maximum atomic E-state index is 16.2. The second-order valence-corrected chi connectivity index (χ2v) is 29.5. The second-order valence-electron chi connectivity index (χ2n) is 29.5. The number of allylic oxidation sites excluding steroid dienone is 2. The predicted molar refractivity (Wildman–Crippen MR) is 308 cm³/mol. The summed E-state index contributed by atoms with van der Waals surface area (Å²) in [7, 11) is 3.59. The minimum absolute atomic E-state index is 0.0320. The summed E-state index contributed by atoms with van der Waals surface area (Å²) in [6.45, 7) is 22.5. The number of fused-ring (bicyclic) bond motifs is 8. The first-order chi connectivity index (χ1) is 39.5. The monoisotopic (exact) mass is 1190 g/mol. The topological polar surface area (TPSA) is 257 Å². The van der Waals surface area contributed by atoms with Crippen LogP contribution >= 0.6 is 0 Å². The normalized spacial score (nSPS) is 46.7. The zero-order chi connectivity index (χ0) is 61.1. The maximum absolute atomic E-state index is 16.2. The third-order valence-electron chi connectivity index (χ3n) is 23.5. The third-order valence-corrected chi connectivity index (χ3v) is 23.5. The number of aliphatic hydroxyl groups excluding tert-OH is 5. The highest BCUT2D eigenvalue weighted by molar-refractivity contribution is 5.80. The number of ketones is 1. The van der Waals surface area contributed by atoms with Gasteiger partial charge in [-0.25, -0.2) is 0 Å². The largest absolute Gasteiger partial charge is 0.432 e. The van der Waals surface area contributed by atoms with E-state index in [9.17, 15) is 35.1 Å². The van der Waals surface area contributed by atoms with Gasteiger partial charge in [0.25, 0.3) is 0 Å². The van der Waals surface area contributed by atoms with Crippen LogP contribution in [0.4, 0.5) is 0 Å². The van der Waals surface area contributed by atoms with Crippen molar-refractivity contribution in [2.75, 3.05) is 27.4 Å². The van der Waals surface area contributed by atoms with Gasteiger partial charge in [-0.1, -0.05) is 91.7 Å². The molecule has 4 saturated heterocycles. The van der Waals surface area contributed by atoms with Crippen LogP contribution in [-0.2, 0) is 61.8 Å². The maximum Gasteiger partial charge on any atom is 0.317 e. The summed E-state index contributed by atoms with van der Waals surface area (Å²) in [4.78, 5) is 41.3. The molecule has 4 heterocycles. The summed E-state index contributed by atoms with van der Waals surface area (Å²) < 4.78 is 65.0. The average Bonchev–Trinajstić information content (AvgIpc) is 0.855. The lowest BCUT2D eigenvalue weighted by Crippen LogP contribution is -2.70. The molecule has 0 bridgehead atoms. The van der Waals surface area contributed by atoms with Crippen LogP contribution in [0.5, 0.6) is 0 Å². The number of carbonyl (C=O) groups excluding carboxylic acids is 3. The van der Waals surface area contributed by atoms with Gasteiger partial charge >= 0.3 is 5.97 Å². The molecule has 9 rings (SSSR count). The Morgan fingerprint density at radius 1 is 0.714 bits per heavy atom. The Morgan fingerprint density at radius 3 is 2.02 bits per heavy atom. The highest BCUT2D eigenvalue weighted by Gasteiger charge is 2.73. The molecule has 0 spiro atoms. The first kappa shape index (κ1) is 66.2. The molecule has 0 radical (unpaired) electrons. The van der Waals surface area contributed by atoms with E-state index in [4.69, 9.17) is 47.4 Å². The smallest absolute Gasteiger partial charge is 0.317 e. The fourth-order valence-electron chi connectivity index (χ4n) is 18.2. The number of hydrogen-bond donors (Lipinski definition) is 6. The second kappa shape index (κ2) is 25.6. The van der Waals surface area contributed by atoms with Crippen molar-refractivity contribution >= 4 is 17.7 Å². The summed E-state index contributed by atoms with van der Waals surface area (Å²) in [5.74, 6) is -0.983. The zero-order valence-electron chi connectivity index (χ0n) is 52.9. The summed E-state index contributed by atoms with van der Waals surface area (Å²) >= 11 is 0. The van der Waals surface area contributed by atoms with Crippen molar-refractivity contribution in [2.24, 2.45) is 50.7 Å². The van der Waals surface area contributed by atoms with Crippen LogP contribution in [0.2, 0.25) is 0 Å². The van der Waals surface area contributed by atoms with Crippen molar-refractivity contribution in [2.45, 2.75) is 302 Å². The molecule has 19 heteroatoms. The van der Waals surface area contributed by atoms with E-state index < -0.39 is 116 Å². The number of unbranched alkanes of at least 4 members (excludes halogenated alkanes) is 7. The van der Waals surface area contributed by atoms with Crippen LogP contribution in [0, 0.1) is 50.7 Å². The first-order valence-electron chi connectivity index (χ1n) is 32.2. The van der Waals surface area contributed by atoms with E-state index in [0.717, 1.165) is 83.5 Å². The van der Waals surface area contributed by atoms with Gasteiger partial charge in [0.2, 0.25) is 12.2 Å². The number of ether oxygens (including phenoxy) is 10. The Labute approximate surface area is 499 Å². The van der Waals surface area contributed by atoms with Crippen LogP contribution in [-0.4, -0.2) is 174 Å². The van der Waals surface area contributed by atoms with Gasteiger partial charge in [0, 0.05) is 27.1 Å². The van der Waals surface area contributed by atoms with Crippen molar-refractivity contribution < 1.29 is 87.3 Å². The van der Waals surface area contributed by atoms with Crippen LogP contribution in [0.3, 0.4) is 0 Å². The number of carbonyl (C=O) groups is 3. The summed E-state index contributed by atoms with van der Waals surface area (Å²) in [6, 6.07) is -1.22. The first-order valence-corrected chi connectivity index (χ1v) is 32.2. The van der Waals surface area contributed by atoms with Gasteiger partial charge in [0.05, 0.1) is 37.1 Å². The molecule has 4 saturated carbocycles. The van der Waals surface area contributed by atoms with E-state index in [2.05, 4.69) is 59.9 Å². The molecule has 480 valence electrons. The van der Waals surface area contributed by atoms with Crippen molar-refractivity contribution in [3.63, 3.8) is 0 Å². The molecule has 0 aromatic heterocycles. The number of rotatable bonds is 21. The van der Waals surface area contributed by atoms with E-state index in [1.54, 1.807) is 34.8 Å².